The first-order chi connectivity index (χ1) is 15.3. The van der Waals surface area contributed by atoms with Gasteiger partial charge in [-0.2, -0.15) is 13.2 Å². The van der Waals surface area contributed by atoms with Crippen LogP contribution in [0.4, 0.5) is 13.2 Å². The second-order valence-corrected chi connectivity index (χ2v) is 8.73. The molecule has 0 N–H and O–H groups in total. The molecule has 0 unspecified atom stereocenters. The van der Waals surface area contributed by atoms with Gasteiger partial charge in [-0.15, -0.1) is 0 Å². The second-order valence-electron chi connectivity index (χ2n) is 8.73. The molecule has 1 aliphatic rings. The number of amides is 1. The van der Waals surface area contributed by atoms with Gasteiger partial charge in [-0.1, -0.05) is 56.3 Å². The van der Waals surface area contributed by atoms with Crippen LogP contribution in [0.5, 0.6) is 0 Å². The summed E-state index contributed by atoms with van der Waals surface area (Å²) in [6, 6.07) is 13.8. The van der Waals surface area contributed by atoms with Crippen molar-refractivity contribution in [3.63, 3.8) is 0 Å². The maximum absolute atomic E-state index is 12.9. The van der Waals surface area contributed by atoms with E-state index in [1.54, 1.807) is 6.07 Å². The van der Waals surface area contributed by atoms with Gasteiger partial charge in [0.15, 0.2) is 0 Å². The molecule has 32 heavy (non-hydrogen) atoms. The lowest BCUT2D eigenvalue weighted by Gasteiger charge is -2.40. The second kappa shape index (κ2) is 11.0. The van der Waals surface area contributed by atoms with Gasteiger partial charge in [0.1, 0.15) is 0 Å². The van der Waals surface area contributed by atoms with E-state index in [0.717, 1.165) is 57.2 Å². The van der Waals surface area contributed by atoms with Crippen LogP contribution < -0.4 is 0 Å². The summed E-state index contributed by atoms with van der Waals surface area (Å²) in [6.45, 7) is 8.31. The van der Waals surface area contributed by atoms with E-state index in [1.165, 1.54) is 17.7 Å². The standard InChI is InChI=1S/C26H33F3N2O/c1-3-14-31(15-4-2)25(32)23-18-30(19-23)17-22-12-9-20(10-13-22)8-11-21-6-5-7-24(16-21)26(27,28)29/h5-7,9-10,12-13,16,23H,3-4,8,11,14-15,17-19H2,1-2H3. The van der Waals surface area contributed by atoms with Gasteiger partial charge in [-0.25, -0.2) is 0 Å². The van der Waals surface area contributed by atoms with Crippen molar-refractivity contribution in [2.24, 2.45) is 5.92 Å². The Bertz CT molecular complexity index is 867. The van der Waals surface area contributed by atoms with Crippen LogP contribution in [0.3, 0.4) is 0 Å². The molecular formula is C26H33F3N2O. The summed E-state index contributed by atoms with van der Waals surface area (Å²) in [5.41, 5.74) is 2.40. The quantitative estimate of drug-likeness (QED) is 0.476. The minimum absolute atomic E-state index is 0.111. The average Bonchev–Trinajstić information content (AvgIpc) is 2.74. The third-order valence-electron chi connectivity index (χ3n) is 5.99. The van der Waals surface area contributed by atoms with Gasteiger partial charge in [0, 0.05) is 32.7 Å². The van der Waals surface area contributed by atoms with Crippen LogP contribution in [0.1, 0.15) is 48.9 Å². The molecule has 2 aromatic rings. The van der Waals surface area contributed by atoms with Crippen LogP contribution in [-0.2, 0) is 30.4 Å². The summed E-state index contributed by atoms with van der Waals surface area (Å²) in [4.78, 5) is 16.9. The lowest BCUT2D eigenvalue weighted by atomic mass is 9.96. The van der Waals surface area contributed by atoms with Crippen LogP contribution in [-0.4, -0.2) is 41.9 Å². The Morgan fingerprint density at radius 3 is 2.12 bits per heavy atom. The molecule has 0 saturated carbocycles. The van der Waals surface area contributed by atoms with E-state index in [9.17, 15) is 18.0 Å². The molecule has 6 heteroatoms. The molecule has 0 spiro atoms. The lowest BCUT2D eigenvalue weighted by Crippen LogP contribution is -2.54. The van der Waals surface area contributed by atoms with Gasteiger partial charge in [0.05, 0.1) is 11.5 Å². The molecular weight excluding hydrogens is 413 g/mol. The molecule has 0 radical (unpaired) electrons. The summed E-state index contributed by atoms with van der Waals surface area (Å²) in [5.74, 6) is 0.398. The highest BCUT2D eigenvalue weighted by atomic mass is 19.4. The van der Waals surface area contributed by atoms with Crippen molar-refractivity contribution in [2.75, 3.05) is 26.2 Å². The average molecular weight is 447 g/mol. The molecule has 1 aliphatic heterocycles. The molecule has 1 saturated heterocycles. The maximum Gasteiger partial charge on any atom is 0.416 e. The Hall–Kier alpha value is -2.34. The first kappa shape index (κ1) is 24.3. The lowest BCUT2D eigenvalue weighted by molar-refractivity contribution is -0.141. The predicted octanol–water partition coefficient (Wildman–Crippen LogP) is 5.57. The minimum Gasteiger partial charge on any atom is -0.342 e. The zero-order valence-electron chi connectivity index (χ0n) is 19.0. The predicted molar refractivity (Wildman–Crippen MR) is 121 cm³/mol. The Kier molecular flexibility index (Phi) is 8.35. The molecule has 0 bridgehead atoms. The van der Waals surface area contributed by atoms with Crippen molar-refractivity contribution in [1.82, 2.24) is 9.80 Å². The number of nitrogens with zero attached hydrogens (tertiary/aromatic N) is 2. The fourth-order valence-electron chi connectivity index (χ4n) is 4.25. The largest absolute Gasteiger partial charge is 0.416 e. The van der Waals surface area contributed by atoms with E-state index < -0.39 is 11.7 Å². The Morgan fingerprint density at radius 1 is 0.938 bits per heavy atom. The molecule has 3 nitrogen and oxygen atoms in total. The number of likely N-dealkylation sites (tertiary alicyclic amines) is 1. The van der Waals surface area contributed by atoms with Crippen molar-refractivity contribution in [3.05, 3.63) is 70.8 Å². The first-order valence-corrected chi connectivity index (χ1v) is 11.5. The number of alkyl halides is 3. The summed E-state index contributed by atoms with van der Waals surface area (Å²) < 4.78 is 38.6. The van der Waals surface area contributed by atoms with E-state index in [1.807, 2.05) is 4.90 Å². The highest BCUT2D eigenvalue weighted by Crippen LogP contribution is 2.29. The smallest absolute Gasteiger partial charge is 0.342 e. The van der Waals surface area contributed by atoms with Gasteiger partial charge >= 0.3 is 6.18 Å². The molecule has 1 heterocycles. The topological polar surface area (TPSA) is 23.6 Å². The van der Waals surface area contributed by atoms with E-state index >= 15 is 0 Å². The van der Waals surface area contributed by atoms with Crippen LogP contribution in [0.15, 0.2) is 48.5 Å². The number of halogens is 3. The van der Waals surface area contributed by atoms with Crippen molar-refractivity contribution in [1.29, 1.82) is 0 Å². The number of carbonyl (C=O) groups excluding carboxylic acids is 1. The zero-order chi connectivity index (χ0) is 23.1. The van der Waals surface area contributed by atoms with Crippen LogP contribution in [0.2, 0.25) is 0 Å². The van der Waals surface area contributed by atoms with E-state index in [4.69, 9.17) is 0 Å². The third kappa shape index (κ3) is 6.58. The molecule has 0 atom stereocenters. The minimum atomic E-state index is -4.30. The molecule has 174 valence electrons. The van der Waals surface area contributed by atoms with Crippen molar-refractivity contribution >= 4 is 5.91 Å². The first-order valence-electron chi connectivity index (χ1n) is 11.5. The fourth-order valence-corrected chi connectivity index (χ4v) is 4.25. The number of aryl methyl sites for hydroxylation is 2. The molecule has 0 aromatic heterocycles. The SMILES string of the molecule is CCCN(CCC)C(=O)C1CN(Cc2ccc(CCc3cccc(C(F)(F)F)c3)cc2)C1. The number of hydrogen-bond acceptors (Lipinski definition) is 2. The number of hydrogen-bond donors (Lipinski definition) is 0. The Morgan fingerprint density at radius 2 is 1.53 bits per heavy atom. The normalized spacial score (nSPS) is 14.9. The van der Waals surface area contributed by atoms with Gasteiger partial charge in [0.25, 0.3) is 0 Å². The van der Waals surface area contributed by atoms with Gasteiger partial charge in [-0.3, -0.25) is 9.69 Å². The number of carbonyl (C=O) groups is 1. The van der Waals surface area contributed by atoms with Crippen molar-refractivity contribution in [3.8, 4) is 0 Å². The highest BCUT2D eigenvalue weighted by molar-refractivity contribution is 5.80. The summed E-state index contributed by atoms with van der Waals surface area (Å²) in [5, 5.41) is 0. The number of rotatable bonds is 10. The summed E-state index contributed by atoms with van der Waals surface area (Å²) >= 11 is 0. The van der Waals surface area contributed by atoms with Crippen LogP contribution >= 0.6 is 0 Å². The van der Waals surface area contributed by atoms with Crippen molar-refractivity contribution < 1.29 is 18.0 Å². The van der Waals surface area contributed by atoms with Gasteiger partial charge in [-0.05, 0) is 48.4 Å². The Balaban J connectivity index is 1.45. The molecule has 1 fully saturated rings. The highest BCUT2D eigenvalue weighted by Gasteiger charge is 2.34. The monoisotopic (exact) mass is 446 g/mol. The molecule has 3 rings (SSSR count). The Labute approximate surface area is 189 Å². The van der Waals surface area contributed by atoms with Crippen molar-refractivity contribution in [2.45, 2.75) is 52.3 Å². The molecule has 2 aromatic carbocycles. The third-order valence-corrected chi connectivity index (χ3v) is 5.99. The van der Waals surface area contributed by atoms with Gasteiger partial charge in [0.2, 0.25) is 5.91 Å². The van der Waals surface area contributed by atoms with E-state index in [2.05, 4.69) is 43.0 Å². The van der Waals surface area contributed by atoms with Crippen LogP contribution in [0.25, 0.3) is 0 Å². The van der Waals surface area contributed by atoms with Gasteiger partial charge < -0.3 is 4.90 Å². The molecule has 0 aliphatic carbocycles. The maximum atomic E-state index is 12.9. The van der Waals surface area contributed by atoms with E-state index in [0.29, 0.717) is 18.4 Å². The summed E-state index contributed by atoms with van der Waals surface area (Å²) in [6.07, 6.45) is -1.05. The van der Waals surface area contributed by atoms with Crippen LogP contribution in [0, 0.1) is 5.92 Å². The fraction of sp³-hybridized carbons (Fsp3) is 0.500. The zero-order valence-corrected chi connectivity index (χ0v) is 19.0. The summed E-state index contributed by atoms with van der Waals surface area (Å²) in [7, 11) is 0. The molecule has 1 amide bonds. The number of benzene rings is 2. The van der Waals surface area contributed by atoms with E-state index in [-0.39, 0.29) is 11.8 Å².